The first-order valence-electron chi connectivity index (χ1n) is 9.32. The summed E-state index contributed by atoms with van der Waals surface area (Å²) >= 11 is 0. The molecule has 6 nitrogen and oxygen atoms in total. The second-order valence-corrected chi connectivity index (χ2v) is 6.86. The second-order valence-electron chi connectivity index (χ2n) is 6.86. The van der Waals surface area contributed by atoms with Gasteiger partial charge in [0.05, 0.1) is 11.3 Å². The monoisotopic (exact) mass is 385 g/mol. The van der Waals surface area contributed by atoms with Gasteiger partial charge < -0.3 is 20.7 Å². The lowest BCUT2D eigenvalue weighted by molar-refractivity contribution is -0.118. The summed E-state index contributed by atoms with van der Waals surface area (Å²) in [6.07, 6.45) is 0.999. The van der Waals surface area contributed by atoms with Crippen LogP contribution in [-0.4, -0.2) is 37.6 Å². The largest absolute Gasteiger partial charge is 0.483 e. The van der Waals surface area contributed by atoms with E-state index in [0.717, 1.165) is 19.5 Å². The quantitative estimate of drug-likeness (QED) is 0.714. The number of hydrogen-bond donors (Lipinski definition) is 3. The molecule has 1 heterocycles. The maximum absolute atomic E-state index is 13.6. The van der Waals surface area contributed by atoms with E-state index in [4.69, 9.17) is 4.74 Å². The van der Waals surface area contributed by atoms with E-state index in [9.17, 15) is 14.0 Å². The van der Waals surface area contributed by atoms with Gasteiger partial charge in [0.2, 0.25) is 0 Å². The van der Waals surface area contributed by atoms with Crippen molar-refractivity contribution >= 4 is 17.5 Å². The fraction of sp³-hybridized carbons (Fsp3) is 0.333. The van der Waals surface area contributed by atoms with Gasteiger partial charge in [-0.15, -0.1) is 0 Å². The summed E-state index contributed by atoms with van der Waals surface area (Å²) in [6, 6.07) is 12.7. The van der Waals surface area contributed by atoms with Crippen LogP contribution in [-0.2, 0) is 4.79 Å². The molecule has 1 fully saturated rings. The van der Waals surface area contributed by atoms with Crippen molar-refractivity contribution in [2.24, 2.45) is 5.92 Å². The van der Waals surface area contributed by atoms with Crippen LogP contribution >= 0.6 is 0 Å². The number of anilines is 1. The fourth-order valence-electron chi connectivity index (χ4n) is 3.10. The first-order valence-corrected chi connectivity index (χ1v) is 9.32. The van der Waals surface area contributed by atoms with Crippen LogP contribution in [0.1, 0.15) is 23.7 Å². The molecule has 0 radical (unpaired) electrons. The van der Waals surface area contributed by atoms with Crippen LogP contribution in [0.15, 0.2) is 48.5 Å². The number of nitrogens with one attached hydrogen (secondary N) is 3. The van der Waals surface area contributed by atoms with Crippen molar-refractivity contribution in [2.45, 2.75) is 19.4 Å². The van der Waals surface area contributed by atoms with Crippen LogP contribution in [0.3, 0.4) is 0 Å². The first-order chi connectivity index (χ1) is 13.5. The number of halogens is 1. The minimum Gasteiger partial charge on any atom is -0.483 e. The molecule has 2 aromatic rings. The third-order valence-corrected chi connectivity index (χ3v) is 4.78. The van der Waals surface area contributed by atoms with Crippen LogP contribution < -0.4 is 20.7 Å². The summed E-state index contributed by atoms with van der Waals surface area (Å²) in [5.41, 5.74) is 0.444. The molecule has 0 spiro atoms. The summed E-state index contributed by atoms with van der Waals surface area (Å²) in [7, 11) is 0. The molecule has 3 rings (SSSR count). The zero-order valence-corrected chi connectivity index (χ0v) is 15.7. The standard InChI is InChI=1S/C21H24FN3O3/c1-14-10-11-23-12-18(14)25-21(27)15-6-2-5-9-19(15)28-13-20(26)24-17-8-4-3-7-16(17)22/h2-9,14,18,23H,10-13H2,1H3,(H,24,26)(H,25,27). The Balaban J connectivity index is 1.61. The van der Waals surface area contributed by atoms with Crippen molar-refractivity contribution < 1.29 is 18.7 Å². The van der Waals surface area contributed by atoms with E-state index in [0.29, 0.717) is 17.2 Å². The Labute approximate surface area is 163 Å². The Morgan fingerprint density at radius 2 is 1.93 bits per heavy atom. The van der Waals surface area contributed by atoms with E-state index >= 15 is 0 Å². The molecule has 2 unspecified atom stereocenters. The molecule has 1 aliphatic heterocycles. The molecule has 2 amide bonds. The SMILES string of the molecule is CC1CCNCC1NC(=O)c1ccccc1OCC(=O)Nc1ccccc1F. The van der Waals surface area contributed by atoms with Crippen LogP contribution in [0.5, 0.6) is 5.75 Å². The predicted molar refractivity (Wildman–Crippen MR) is 105 cm³/mol. The number of piperidine rings is 1. The summed E-state index contributed by atoms with van der Waals surface area (Å²) in [5, 5.41) is 8.76. The first kappa shape index (κ1) is 19.8. The highest BCUT2D eigenvalue weighted by Crippen LogP contribution is 2.20. The number of ether oxygens (including phenoxy) is 1. The van der Waals surface area contributed by atoms with Crippen molar-refractivity contribution in [2.75, 3.05) is 25.0 Å². The maximum Gasteiger partial charge on any atom is 0.262 e. The summed E-state index contributed by atoms with van der Waals surface area (Å²) in [5.74, 6) is -0.591. The van der Waals surface area contributed by atoms with E-state index in [2.05, 4.69) is 22.9 Å². The molecule has 7 heteroatoms. The summed E-state index contributed by atoms with van der Waals surface area (Å²) in [4.78, 5) is 24.8. The lowest BCUT2D eigenvalue weighted by atomic mass is 9.94. The Kier molecular flexibility index (Phi) is 6.60. The third-order valence-electron chi connectivity index (χ3n) is 4.78. The number of benzene rings is 2. The molecule has 1 aliphatic rings. The van der Waals surface area contributed by atoms with Crippen LogP contribution in [0.2, 0.25) is 0 Å². The van der Waals surface area contributed by atoms with Gasteiger partial charge in [-0.25, -0.2) is 4.39 Å². The highest BCUT2D eigenvalue weighted by atomic mass is 19.1. The lowest BCUT2D eigenvalue weighted by Crippen LogP contribution is -2.50. The predicted octanol–water partition coefficient (Wildman–Crippen LogP) is 2.57. The average Bonchev–Trinajstić information content (AvgIpc) is 2.70. The Morgan fingerprint density at radius 1 is 1.18 bits per heavy atom. The van der Waals surface area contributed by atoms with Crippen molar-refractivity contribution in [3.8, 4) is 5.75 Å². The molecule has 0 bridgehead atoms. The number of amides is 2. The van der Waals surface area contributed by atoms with Gasteiger partial charge in [-0.3, -0.25) is 9.59 Å². The van der Waals surface area contributed by atoms with E-state index < -0.39 is 11.7 Å². The van der Waals surface area contributed by atoms with Gasteiger partial charge in [0.15, 0.2) is 6.61 Å². The minimum atomic E-state index is -0.522. The molecule has 148 valence electrons. The molecule has 3 N–H and O–H groups in total. The maximum atomic E-state index is 13.6. The Bertz CT molecular complexity index is 843. The number of carbonyl (C=O) groups is 2. The highest BCUT2D eigenvalue weighted by Gasteiger charge is 2.24. The summed E-state index contributed by atoms with van der Waals surface area (Å²) in [6.45, 7) is 3.45. The molecule has 0 aliphatic carbocycles. The van der Waals surface area contributed by atoms with Crippen molar-refractivity contribution in [3.63, 3.8) is 0 Å². The zero-order valence-electron chi connectivity index (χ0n) is 15.7. The van der Waals surface area contributed by atoms with Crippen molar-refractivity contribution in [3.05, 3.63) is 59.9 Å². The molecule has 0 aromatic heterocycles. The van der Waals surface area contributed by atoms with Gasteiger partial charge in [-0.2, -0.15) is 0 Å². The molecule has 0 saturated carbocycles. The second kappa shape index (κ2) is 9.32. The van der Waals surface area contributed by atoms with Crippen LogP contribution in [0, 0.1) is 11.7 Å². The summed E-state index contributed by atoms with van der Waals surface area (Å²) < 4.78 is 19.2. The minimum absolute atomic E-state index is 0.0404. The molecular formula is C21H24FN3O3. The average molecular weight is 385 g/mol. The number of hydrogen-bond acceptors (Lipinski definition) is 4. The molecule has 2 atom stereocenters. The Morgan fingerprint density at radius 3 is 2.71 bits per heavy atom. The number of rotatable bonds is 6. The third kappa shape index (κ3) is 5.07. The molecule has 2 aromatic carbocycles. The van der Waals surface area contributed by atoms with Gasteiger partial charge >= 0.3 is 0 Å². The van der Waals surface area contributed by atoms with Gasteiger partial charge in [-0.1, -0.05) is 31.2 Å². The number of carbonyl (C=O) groups excluding carboxylic acids is 2. The fourth-order valence-corrected chi connectivity index (χ4v) is 3.10. The zero-order chi connectivity index (χ0) is 19.9. The molecule has 1 saturated heterocycles. The van der Waals surface area contributed by atoms with E-state index in [-0.39, 0.29) is 24.2 Å². The topological polar surface area (TPSA) is 79.5 Å². The van der Waals surface area contributed by atoms with Gasteiger partial charge in [0, 0.05) is 12.6 Å². The highest BCUT2D eigenvalue weighted by molar-refractivity contribution is 5.97. The normalized spacial score (nSPS) is 18.9. The van der Waals surface area contributed by atoms with Gasteiger partial charge in [0.1, 0.15) is 11.6 Å². The van der Waals surface area contributed by atoms with E-state index in [1.807, 2.05) is 0 Å². The van der Waals surface area contributed by atoms with Gasteiger partial charge in [0.25, 0.3) is 11.8 Å². The lowest BCUT2D eigenvalue weighted by Gasteiger charge is -2.30. The number of para-hydroxylation sites is 2. The van der Waals surface area contributed by atoms with E-state index in [1.54, 1.807) is 36.4 Å². The molecule has 28 heavy (non-hydrogen) atoms. The van der Waals surface area contributed by atoms with E-state index in [1.165, 1.54) is 12.1 Å². The Hall–Kier alpha value is -2.93. The molecular weight excluding hydrogens is 361 g/mol. The van der Waals surface area contributed by atoms with Gasteiger partial charge in [-0.05, 0) is 43.1 Å². The van der Waals surface area contributed by atoms with Crippen LogP contribution in [0.4, 0.5) is 10.1 Å². The van der Waals surface area contributed by atoms with Crippen LogP contribution in [0.25, 0.3) is 0 Å². The smallest absolute Gasteiger partial charge is 0.262 e. The van der Waals surface area contributed by atoms with Crippen molar-refractivity contribution in [1.29, 1.82) is 0 Å². The van der Waals surface area contributed by atoms with Crippen molar-refractivity contribution in [1.82, 2.24) is 10.6 Å².